The van der Waals surface area contributed by atoms with Crippen LogP contribution >= 0.6 is 0 Å². The fourth-order valence-electron chi connectivity index (χ4n) is 3.39. The highest BCUT2D eigenvalue weighted by atomic mass is 19.1. The Balaban J connectivity index is 1.34. The van der Waals surface area contributed by atoms with Gasteiger partial charge in [-0.1, -0.05) is 6.07 Å². The summed E-state index contributed by atoms with van der Waals surface area (Å²) in [5.74, 6) is -0.261. The van der Waals surface area contributed by atoms with Crippen LogP contribution in [0, 0.1) is 5.82 Å². The van der Waals surface area contributed by atoms with Crippen LogP contribution in [0.25, 0.3) is 5.65 Å². The highest BCUT2D eigenvalue weighted by molar-refractivity contribution is 5.76. The van der Waals surface area contributed by atoms with Crippen LogP contribution in [0.5, 0.6) is 0 Å². The van der Waals surface area contributed by atoms with Gasteiger partial charge in [0.2, 0.25) is 5.91 Å². The van der Waals surface area contributed by atoms with Gasteiger partial charge in [0, 0.05) is 50.9 Å². The van der Waals surface area contributed by atoms with E-state index < -0.39 is 0 Å². The summed E-state index contributed by atoms with van der Waals surface area (Å²) in [7, 11) is 0. The van der Waals surface area contributed by atoms with E-state index in [9.17, 15) is 14.0 Å². The van der Waals surface area contributed by atoms with Gasteiger partial charge in [-0.3, -0.25) is 14.0 Å². The third-order valence-electron chi connectivity index (χ3n) is 4.98. The zero-order valence-electron chi connectivity index (χ0n) is 15.3. The molecule has 0 aliphatic carbocycles. The lowest BCUT2D eigenvalue weighted by Gasteiger charge is -2.36. The lowest BCUT2D eigenvalue weighted by Crippen LogP contribution is -2.48. The molecule has 1 saturated heterocycles. The lowest BCUT2D eigenvalue weighted by molar-refractivity contribution is -0.131. The Morgan fingerprint density at radius 2 is 1.75 bits per heavy atom. The second-order valence-electron chi connectivity index (χ2n) is 6.72. The first-order valence-electron chi connectivity index (χ1n) is 9.23. The van der Waals surface area contributed by atoms with Crippen LogP contribution in [0.1, 0.15) is 12.1 Å². The van der Waals surface area contributed by atoms with Gasteiger partial charge in [0.1, 0.15) is 11.5 Å². The van der Waals surface area contributed by atoms with Crippen molar-refractivity contribution in [1.29, 1.82) is 0 Å². The highest BCUT2D eigenvalue weighted by Crippen LogP contribution is 2.17. The van der Waals surface area contributed by atoms with Crippen LogP contribution in [0.3, 0.4) is 0 Å². The standard InChI is InChI=1S/C20H20FN5O2/c21-15-4-6-16(7-5-15)24-11-13-25(14-12-24)19(27)9-8-17-20(28)26-10-2-1-3-18(26)23-22-17/h1-7,10H,8-9,11-14H2. The summed E-state index contributed by atoms with van der Waals surface area (Å²) in [4.78, 5) is 28.9. The first-order chi connectivity index (χ1) is 13.6. The molecular formula is C20H20FN5O2. The van der Waals surface area contributed by atoms with Gasteiger partial charge >= 0.3 is 0 Å². The van der Waals surface area contributed by atoms with Gasteiger partial charge in [-0.15, -0.1) is 10.2 Å². The summed E-state index contributed by atoms with van der Waals surface area (Å²) in [5, 5.41) is 8.03. The SMILES string of the molecule is O=C(CCc1nnc2ccccn2c1=O)N1CCN(c2ccc(F)cc2)CC1. The molecule has 0 atom stereocenters. The summed E-state index contributed by atoms with van der Waals surface area (Å²) in [5.41, 5.74) is 1.49. The largest absolute Gasteiger partial charge is 0.368 e. The van der Waals surface area contributed by atoms with Crippen LogP contribution < -0.4 is 10.5 Å². The third kappa shape index (κ3) is 3.71. The Morgan fingerprint density at radius 1 is 1.00 bits per heavy atom. The molecule has 1 amide bonds. The molecule has 0 unspecified atom stereocenters. The minimum absolute atomic E-state index is 0.00175. The molecule has 0 saturated carbocycles. The molecule has 1 aromatic carbocycles. The molecule has 2 aromatic heterocycles. The smallest absolute Gasteiger partial charge is 0.279 e. The molecule has 1 fully saturated rings. The molecular weight excluding hydrogens is 361 g/mol. The van der Waals surface area contributed by atoms with E-state index in [1.165, 1.54) is 16.5 Å². The van der Waals surface area contributed by atoms with Crippen molar-refractivity contribution in [2.75, 3.05) is 31.1 Å². The number of nitrogens with zero attached hydrogens (tertiary/aromatic N) is 5. The van der Waals surface area contributed by atoms with E-state index in [1.54, 1.807) is 41.4 Å². The lowest BCUT2D eigenvalue weighted by atomic mass is 10.2. The van der Waals surface area contributed by atoms with E-state index >= 15 is 0 Å². The van der Waals surface area contributed by atoms with Crippen molar-refractivity contribution in [3.05, 3.63) is 70.5 Å². The minimum atomic E-state index is -0.259. The topological polar surface area (TPSA) is 70.8 Å². The summed E-state index contributed by atoms with van der Waals surface area (Å²) in [6.07, 6.45) is 2.13. The number of piperazine rings is 1. The Bertz CT molecular complexity index is 1040. The zero-order valence-corrected chi connectivity index (χ0v) is 15.3. The molecule has 28 heavy (non-hydrogen) atoms. The molecule has 0 bridgehead atoms. The van der Waals surface area contributed by atoms with Crippen molar-refractivity contribution in [2.24, 2.45) is 0 Å². The number of carbonyl (C=O) groups is 1. The second kappa shape index (κ2) is 7.75. The average molecular weight is 381 g/mol. The van der Waals surface area contributed by atoms with Gasteiger partial charge in [-0.25, -0.2) is 4.39 Å². The fraction of sp³-hybridized carbons (Fsp3) is 0.300. The highest BCUT2D eigenvalue weighted by Gasteiger charge is 2.21. The van der Waals surface area contributed by atoms with Gasteiger partial charge in [0.25, 0.3) is 5.56 Å². The van der Waals surface area contributed by atoms with Gasteiger partial charge < -0.3 is 9.80 Å². The molecule has 0 N–H and O–H groups in total. The van der Waals surface area contributed by atoms with Gasteiger partial charge in [-0.2, -0.15) is 0 Å². The normalized spacial score (nSPS) is 14.5. The second-order valence-corrected chi connectivity index (χ2v) is 6.72. The molecule has 4 rings (SSSR count). The first kappa shape index (κ1) is 18.1. The number of amides is 1. The molecule has 3 heterocycles. The van der Waals surface area contributed by atoms with E-state index in [-0.39, 0.29) is 30.1 Å². The number of aromatic nitrogens is 3. The maximum Gasteiger partial charge on any atom is 0.279 e. The van der Waals surface area contributed by atoms with Crippen LogP contribution in [0.4, 0.5) is 10.1 Å². The molecule has 7 nitrogen and oxygen atoms in total. The van der Waals surface area contributed by atoms with Crippen molar-refractivity contribution in [3.8, 4) is 0 Å². The quantitative estimate of drug-likeness (QED) is 0.685. The predicted molar refractivity (Wildman–Crippen MR) is 103 cm³/mol. The molecule has 0 radical (unpaired) electrons. The van der Waals surface area contributed by atoms with Crippen molar-refractivity contribution < 1.29 is 9.18 Å². The number of pyridine rings is 1. The van der Waals surface area contributed by atoms with Crippen molar-refractivity contribution in [2.45, 2.75) is 12.8 Å². The number of fused-ring (bicyclic) bond motifs is 1. The van der Waals surface area contributed by atoms with Crippen LogP contribution in [0.15, 0.2) is 53.5 Å². The monoisotopic (exact) mass is 381 g/mol. The maximum atomic E-state index is 13.1. The van der Waals surface area contributed by atoms with Gasteiger partial charge in [0.15, 0.2) is 5.65 Å². The van der Waals surface area contributed by atoms with Crippen molar-refractivity contribution in [1.82, 2.24) is 19.5 Å². The van der Waals surface area contributed by atoms with Gasteiger partial charge in [-0.05, 0) is 36.4 Å². The van der Waals surface area contributed by atoms with E-state index in [0.717, 1.165) is 5.69 Å². The third-order valence-corrected chi connectivity index (χ3v) is 4.98. The summed E-state index contributed by atoms with van der Waals surface area (Å²) in [6, 6.07) is 11.6. The number of aryl methyl sites for hydroxylation is 1. The number of hydrogen-bond donors (Lipinski definition) is 0. The van der Waals surface area contributed by atoms with Crippen LogP contribution in [-0.2, 0) is 11.2 Å². The number of anilines is 1. The minimum Gasteiger partial charge on any atom is -0.368 e. The summed E-state index contributed by atoms with van der Waals surface area (Å²) in [6.45, 7) is 2.57. The van der Waals surface area contributed by atoms with Crippen molar-refractivity contribution >= 4 is 17.2 Å². The van der Waals surface area contributed by atoms with E-state index in [2.05, 4.69) is 15.1 Å². The average Bonchev–Trinajstić information content (AvgIpc) is 2.74. The predicted octanol–water partition coefficient (Wildman–Crippen LogP) is 1.51. The Kier molecular flexibility index (Phi) is 5.01. The molecule has 0 spiro atoms. The molecule has 8 heteroatoms. The molecule has 1 aliphatic rings. The number of hydrogen-bond acceptors (Lipinski definition) is 5. The number of halogens is 1. The number of benzene rings is 1. The molecule has 1 aliphatic heterocycles. The number of rotatable bonds is 4. The Hall–Kier alpha value is -3.29. The first-order valence-corrected chi connectivity index (χ1v) is 9.23. The van der Waals surface area contributed by atoms with Crippen LogP contribution in [0.2, 0.25) is 0 Å². The Labute approximate surface area is 161 Å². The fourth-order valence-corrected chi connectivity index (χ4v) is 3.39. The van der Waals surface area contributed by atoms with Crippen LogP contribution in [-0.4, -0.2) is 51.6 Å². The van der Waals surface area contributed by atoms with E-state index in [4.69, 9.17) is 0 Å². The van der Waals surface area contributed by atoms with E-state index in [1.807, 2.05) is 0 Å². The maximum absolute atomic E-state index is 13.1. The van der Waals surface area contributed by atoms with E-state index in [0.29, 0.717) is 37.5 Å². The molecule has 144 valence electrons. The van der Waals surface area contributed by atoms with Gasteiger partial charge in [0.05, 0.1) is 0 Å². The number of carbonyl (C=O) groups excluding carboxylic acids is 1. The summed E-state index contributed by atoms with van der Waals surface area (Å²) < 4.78 is 14.5. The molecule has 3 aromatic rings. The zero-order chi connectivity index (χ0) is 19.5. The Morgan fingerprint density at radius 3 is 2.50 bits per heavy atom. The van der Waals surface area contributed by atoms with Crippen molar-refractivity contribution in [3.63, 3.8) is 0 Å². The summed E-state index contributed by atoms with van der Waals surface area (Å²) >= 11 is 0.